The molecule has 1 fully saturated rings. The molecule has 0 saturated heterocycles. The average Bonchev–Trinajstić information content (AvgIpc) is 3.32. The number of hydrogen-bond acceptors (Lipinski definition) is 3. The van der Waals surface area contributed by atoms with Crippen LogP contribution in [-0.4, -0.2) is 48.2 Å². The molecule has 2 rings (SSSR count). The van der Waals surface area contributed by atoms with Gasteiger partial charge in [0.25, 0.3) is 5.91 Å². The Labute approximate surface area is 124 Å². The van der Waals surface area contributed by atoms with E-state index in [-0.39, 0.29) is 17.5 Å². The third kappa shape index (κ3) is 3.82. The monoisotopic (exact) mass is 291 g/mol. The van der Waals surface area contributed by atoms with Crippen molar-refractivity contribution in [1.29, 1.82) is 0 Å². The molecule has 1 unspecified atom stereocenters. The summed E-state index contributed by atoms with van der Waals surface area (Å²) in [7, 11) is 1.62. The molecular weight excluding hydrogens is 270 g/mol. The van der Waals surface area contributed by atoms with Crippen LogP contribution in [-0.2, 0) is 4.74 Å². The minimum Gasteiger partial charge on any atom is -0.478 e. The van der Waals surface area contributed by atoms with Crippen LogP contribution in [0.25, 0.3) is 0 Å². The van der Waals surface area contributed by atoms with Crippen molar-refractivity contribution in [3.8, 4) is 0 Å². The van der Waals surface area contributed by atoms with Crippen LogP contribution < -0.4 is 0 Å². The highest BCUT2D eigenvalue weighted by molar-refractivity contribution is 5.96. The van der Waals surface area contributed by atoms with Gasteiger partial charge in [-0.25, -0.2) is 4.79 Å². The van der Waals surface area contributed by atoms with Crippen LogP contribution in [0.4, 0.5) is 0 Å². The van der Waals surface area contributed by atoms with Gasteiger partial charge in [-0.15, -0.1) is 0 Å². The van der Waals surface area contributed by atoms with E-state index in [1.165, 1.54) is 12.1 Å². The summed E-state index contributed by atoms with van der Waals surface area (Å²) in [6.07, 6.45) is 2.33. The zero-order chi connectivity index (χ0) is 15.4. The lowest BCUT2D eigenvalue weighted by Gasteiger charge is -2.29. The van der Waals surface area contributed by atoms with Gasteiger partial charge in [-0.3, -0.25) is 4.79 Å². The second-order valence-corrected chi connectivity index (χ2v) is 5.45. The van der Waals surface area contributed by atoms with E-state index in [0.29, 0.717) is 24.6 Å². The van der Waals surface area contributed by atoms with Crippen LogP contribution in [0.3, 0.4) is 0 Å². The molecule has 21 heavy (non-hydrogen) atoms. The van der Waals surface area contributed by atoms with Crippen molar-refractivity contribution in [2.45, 2.75) is 25.8 Å². The summed E-state index contributed by atoms with van der Waals surface area (Å²) in [5.74, 6) is -0.482. The number of carboxylic acids is 1. The summed E-state index contributed by atoms with van der Waals surface area (Å²) in [5.41, 5.74) is 0.703. The normalized spacial score (nSPS) is 15.5. The Morgan fingerprint density at radius 1 is 1.29 bits per heavy atom. The molecule has 114 valence electrons. The molecule has 0 aromatic heterocycles. The molecule has 0 bridgehead atoms. The van der Waals surface area contributed by atoms with Gasteiger partial charge in [0, 0.05) is 25.3 Å². The van der Waals surface area contributed by atoms with Crippen molar-refractivity contribution in [2.75, 3.05) is 20.3 Å². The average molecular weight is 291 g/mol. The maximum atomic E-state index is 12.6. The third-order valence-electron chi connectivity index (χ3n) is 3.97. The van der Waals surface area contributed by atoms with E-state index < -0.39 is 5.97 Å². The molecule has 1 saturated carbocycles. The SMILES string of the molecule is COCCN(C(=O)c1ccc(C(=O)O)cc1)C(C)C1CC1. The van der Waals surface area contributed by atoms with Gasteiger partial charge in [0.05, 0.1) is 12.2 Å². The van der Waals surface area contributed by atoms with E-state index >= 15 is 0 Å². The van der Waals surface area contributed by atoms with E-state index in [9.17, 15) is 9.59 Å². The second-order valence-electron chi connectivity index (χ2n) is 5.45. The van der Waals surface area contributed by atoms with E-state index in [1.807, 2.05) is 4.90 Å². The first-order valence-corrected chi connectivity index (χ1v) is 7.18. The summed E-state index contributed by atoms with van der Waals surface area (Å²) in [6, 6.07) is 6.26. The predicted octanol–water partition coefficient (Wildman–Crippen LogP) is 2.27. The standard InChI is InChI=1S/C16H21NO4/c1-11(12-3-4-12)17(9-10-21-2)15(18)13-5-7-14(8-6-13)16(19)20/h5-8,11-12H,3-4,9-10H2,1-2H3,(H,19,20). The molecule has 0 spiro atoms. The molecule has 1 aliphatic carbocycles. The van der Waals surface area contributed by atoms with Crippen molar-refractivity contribution >= 4 is 11.9 Å². The van der Waals surface area contributed by atoms with E-state index in [0.717, 1.165) is 12.8 Å². The molecule has 5 nitrogen and oxygen atoms in total. The Morgan fingerprint density at radius 3 is 2.33 bits per heavy atom. The van der Waals surface area contributed by atoms with Crippen molar-refractivity contribution in [1.82, 2.24) is 4.90 Å². The molecule has 1 aromatic rings. The number of nitrogens with zero attached hydrogens (tertiary/aromatic N) is 1. The largest absolute Gasteiger partial charge is 0.478 e. The molecule has 1 amide bonds. The maximum Gasteiger partial charge on any atom is 0.335 e. The fourth-order valence-corrected chi connectivity index (χ4v) is 2.43. The van der Waals surface area contributed by atoms with Crippen molar-refractivity contribution in [3.05, 3.63) is 35.4 Å². The predicted molar refractivity (Wildman–Crippen MR) is 78.5 cm³/mol. The van der Waals surface area contributed by atoms with E-state index in [2.05, 4.69) is 6.92 Å². The number of rotatable bonds is 7. The van der Waals surface area contributed by atoms with Crippen LogP contribution >= 0.6 is 0 Å². The number of benzene rings is 1. The third-order valence-corrected chi connectivity index (χ3v) is 3.97. The highest BCUT2D eigenvalue weighted by Crippen LogP contribution is 2.35. The van der Waals surface area contributed by atoms with Crippen molar-refractivity contribution < 1.29 is 19.4 Å². The van der Waals surface area contributed by atoms with Gasteiger partial charge in [0.15, 0.2) is 0 Å². The minimum atomic E-state index is -0.989. The van der Waals surface area contributed by atoms with Crippen LogP contribution in [0.2, 0.25) is 0 Å². The Morgan fingerprint density at radius 2 is 1.86 bits per heavy atom. The van der Waals surface area contributed by atoms with Gasteiger partial charge in [-0.1, -0.05) is 0 Å². The molecule has 5 heteroatoms. The smallest absolute Gasteiger partial charge is 0.335 e. The van der Waals surface area contributed by atoms with E-state index in [1.54, 1.807) is 19.2 Å². The lowest BCUT2D eigenvalue weighted by molar-refractivity contribution is 0.0593. The zero-order valence-corrected chi connectivity index (χ0v) is 12.4. The molecule has 0 radical (unpaired) electrons. The molecular formula is C16H21NO4. The number of amides is 1. The Bertz CT molecular complexity index is 508. The number of aromatic carboxylic acids is 1. The lowest BCUT2D eigenvalue weighted by Crippen LogP contribution is -2.42. The number of methoxy groups -OCH3 is 1. The zero-order valence-electron chi connectivity index (χ0n) is 12.4. The number of carbonyl (C=O) groups is 2. The lowest BCUT2D eigenvalue weighted by atomic mass is 10.1. The van der Waals surface area contributed by atoms with Gasteiger partial charge >= 0.3 is 5.97 Å². The first-order valence-electron chi connectivity index (χ1n) is 7.18. The van der Waals surface area contributed by atoms with Crippen LogP contribution in [0.1, 0.15) is 40.5 Å². The molecule has 0 aliphatic heterocycles. The van der Waals surface area contributed by atoms with Gasteiger partial charge < -0.3 is 14.7 Å². The van der Waals surface area contributed by atoms with Crippen LogP contribution in [0.15, 0.2) is 24.3 Å². The molecule has 0 heterocycles. The molecule has 1 aliphatic rings. The highest BCUT2D eigenvalue weighted by atomic mass is 16.5. The summed E-state index contributed by atoms with van der Waals surface area (Å²) in [6.45, 7) is 3.11. The molecule has 1 N–H and O–H groups in total. The van der Waals surface area contributed by atoms with Crippen LogP contribution in [0.5, 0.6) is 0 Å². The quantitative estimate of drug-likeness (QED) is 0.837. The Balaban J connectivity index is 2.13. The van der Waals surface area contributed by atoms with Crippen molar-refractivity contribution in [2.24, 2.45) is 5.92 Å². The van der Waals surface area contributed by atoms with E-state index in [4.69, 9.17) is 9.84 Å². The highest BCUT2D eigenvalue weighted by Gasteiger charge is 2.34. The fourth-order valence-electron chi connectivity index (χ4n) is 2.43. The summed E-state index contributed by atoms with van der Waals surface area (Å²) in [5, 5.41) is 8.90. The first-order chi connectivity index (χ1) is 10.0. The van der Waals surface area contributed by atoms with Gasteiger partial charge in [-0.2, -0.15) is 0 Å². The summed E-state index contributed by atoms with van der Waals surface area (Å²) >= 11 is 0. The first kappa shape index (κ1) is 15.5. The summed E-state index contributed by atoms with van der Waals surface area (Å²) < 4.78 is 5.09. The van der Waals surface area contributed by atoms with Crippen LogP contribution in [0, 0.1) is 5.92 Å². The summed E-state index contributed by atoms with van der Waals surface area (Å²) in [4.78, 5) is 25.3. The maximum absolute atomic E-state index is 12.6. The number of carbonyl (C=O) groups excluding carboxylic acids is 1. The van der Waals surface area contributed by atoms with Crippen molar-refractivity contribution in [3.63, 3.8) is 0 Å². The number of carboxylic acid groups (broad SMARTS) is 1. The number of hydrogen-bond donors (Lipinski definition) is 1. The molecule has 1 aromatic carbocycles. The number of ether oxygens (including phenoxy) is 1. The van der Waals surface area contributed by atoms with Gasteiger partial charge in [0.2, 0.25) is 0 Å². The van der Waals surface area contributed by atoms with Gasteiger partial charge in [-0.05, 0) is 49.9 Å². The Hall–Kier alpha value is -1.88. The topological polar surface area (TPSA) is 66.8 Å². The van der Waals surface area contributed by atoms with Gasteiger partial charge in [0.1, 0.15) is 0 Å². The minimum absolute atomic E-state index is 0.0663. The fraction of sp³-hybridized carbons (Fsp3) is 0.500. The second kappa shape index (κ2) is 6.72. The Kier molecular flexibility index (Phi) is 4.96. The molecule has 1 atom stereocenters.